The van der Waals surface area contributed by atoms with Gasteiger partial charge in [0.15, 0.2) is 0 Å². The lowest BCUT2D eigenvalue weighted by molar-refractivity contribution is -0.142. The molecule has 2 heterocycles. The Balaban J connectivity index is 1.78. The molecule has 2 aromatic rings. The zero-order chi connectivity index (χ0) is 17.8. The van der Waals surface area contributed by atoms with E-state index >= 15 is 0 Å². The second kappa shape index (κ2) is 7.76. The third-order valence-electron chi connectivity index (χ3n) is 4.24. The van der Waals surface area contributed by atoms with Crippen molar-refractivity contribution in [3.8, 4) is 10.6 Å². The Morgan fingerprint density at radius 2 is 2.12 bits per heavy atom. The highest BCUT2D eigenvalue weighted by atomic mass is 32.1. The fraction of sp³-hybridized carbons (Fsp3) is 0.389. The van der Waals surface area contributed by atoms with Gasteiger partial charge in [-0.1, -0.05) is 30.3 Å². The Labute approximate surface area is 149 Å². The Morgan fingerprint density at radius 3 is 2.76 bits per heavy atom. The molecule has 1 aromatic heterocycles. The first-order valence-corrected chi connectivity index (χ1v) is 9.02. The van der Waals surface area contributed by atoms with E-state index in [4.69, 9.17) is 4.74 Å². The number of aliphatic carboxylic acids is 1. The average Bonchev–Trinajstić information content (AvgIpc) is 3.02. The molecule has 0 spiro atoms. The summed E-state index contributed by atoms with van der Waals surface area (Å²) in [5.41, 5.74) is 1.54. The standard InChI is InChI=1S/C18H20N2O4S/c1-11-15(25-17(19-11)12-6-3-2-4-7-12)16(21)20-14(18(22)23)13-8-5-9-24-10-13/h2-4,6-7,13-14H,5,8-10H2,1H3,(H,20,21)(H,22,23). The van der Waals surface area contributed by atoms with Crippen molar-refractivity contribution in [1.29, 1.82) is 0 Å². The van der Waals surface area contributed by atoms with Crippen LogP contribution in [-0.2, 0) is 9.53 Å². The number of hydrogen-bond donors (Lipinski definition) is 2. The zero-order valence-electron chi connectivity index (χ0n) is 13.9. The molecule has 0 aliphatic carbocycles. The molecule has 3 rings (SSSR count). The van der Waals surface area contributed by atoms with Gasteiger partial charge in [0.2, 0.25) is 0 Å². The summed E-state index contributed by atoms with van der Waals surface area (Å²) >= 11 is 1.27. The summed E-state index contributed by atoms with van der Waals surface area (Å²) in [5, 5.41) is 12.9. The number of carboxylic acids is 1. The summed E-state index contributed by atoms with van der Waals surface area (Å²) < 4.78 is 5.36. The molecule has 0 bridgehead atoms. The predicted molar refractivity (Wildman–Crippen MR) is 94.7 cm³/mol. The van der Waals surface area contributed by atoms with Crippen molar-refractivity contribution in [1.82, 2.24) is 10.3 Å². The van der Waals surface area contributed by atoms with E-state index in [0.29, 0.717) is 23.8 Å². The van der Waals surface area contributed by atoms with Gasteiger partial charge in [-0.3, -0.25) is 4.79 Å². The van der Waals surface area contributed by atoms with Gasteiger partial charge in [0.25, 0.3) is 5.91 Å². The van der Waals surface area contributed by atoms with E-state index in [9.17, 15) is 14.7 Å². The second-order valence-corrected chi connectivity index (χ2v) is 7.07. The number of amides is 1. The Hall–Kier alpha value is -2.25. The van der Waals surface area contributed by atoms with Crippen molar-refractivity contribution < 1.29 is 19.4 Å². The van der Waals surface area contributed by atoms with Gasteiger partial charge in [-0.2, -0.15) is 0 Å². The molecule has 0 saturated carbocycles. The van der Waals surface area contributed by atoms with Crippen LogP contribution in [0.15, 0.2) is 30.3 Å². The van der Waals surface area contributed by atoms with Crippen molar-refractivity contribution in [2.75, 3.05) is 13.2 Å². The molecule has 132 valence electrons. The van der Waals surface area contributed by atoms with E-state index in [1.54, 1.807) is 6.92 Å². The van der Waals surface area contributed by atoms with Crippen LogP contribution in [0.5, 0.6) is 0 Å². The molecule has 2 N–H and O–H groups in total. The molecule has 7 heteroatoms. The summed E-state index contributed by atoms with van der Waals surface area (Å²) in [6.07, 6.45) is 1.54. The summed E-state index contributed by atoms with van der Waals surface area (Å²) in [6, 6.07) is 8.65. The van der Waals surface area contributed by atoms with Gasteiger partial charge in [0, 0.05) is 18.1 Å². The van der Waals surface area contributed by atoms with E-state index in [2.05, 4.69) is 10.3 Å². The minimum Gasteiger partial charge on any atom is -0.480 e. The third kappa shape index (κ3) is 4.05. The van der Waals surface area contributed by atoms with Crippen molar-refractivity contribution in [2.24, 2.45) is 5.92 Å². The summed E-state index contributed by atoms with van der Waals surface area (Å²) in [6.45, 7) is 2.76. The van der Waals surface area contributed by atoms with E-state index < -0.39 is 17.9 Å². The lowest BCUT2D eigenvalue weighted by atomic mass is 9.93. The fourth-order valence-corrected chi connectivity index (χ4v) is 3.90. The molecule has 6 nitrogen and oxygen atoms in total. The normalized spacial score (nSPS) is 18.5. The number of aromatic nitrogens is 1. The lowest BCUT2D eigenvalue weighted by Gasteiger charge is -2.27. The van der Waals surface area contributed by atoms with E-state index in [1.165, 1.54) is 11.3 Å². The quantitative estimate of drug-likeness (QED) is 0.856. The van der Waals surface area contributed by atoms with Gasteiger partial charge in [-0.25, -0.2) is 9.78 Å². The number of carbonyl (C=O) groups excluding carboxylic acids is 1. The molecule has 1 aliphatic heterocycles. The smallest absolute Gasteiger partial charge is 0.326 e. The lowest BCUT2D eigenvalue weighted by Crippen LogP contribution is -2.48. The maximum atomic E-state index is 12.6. The number of nitrogens with one attached hydrogen (secondary N) is 1. The van der Waals surface area contributed by atoms with Crippen molar-refractivity contribution >= 4 is 23.2 Å². The van der Waals surface area contributed by atoms with Crippen LogP contribution in [0.1, 0.15) is 28.2 Å². The van der Waals surface area contributed by atoms with E-state index in [0.717, 1.165) is 23.4 Å². The van der Waals surface area contributed by atoms with Crippen LogP contribution in [0.25, 0.3) is 10.6 Å². The molecule has 25 heavy (non-hydrogen) atoms. The minimum absolute atomic E-state index is 0.211. The Morgan fingerprint density at radius 1 is 1.36 bits per heavy atom. The zero-order valence-corrected chi connectivity index (χ0v) is 14.7. The molecule has 1 aliphatic rings. The maximum absolute atomic E-state index is 12.6. The predicted octanol–water partition coefficient (Wildman–Crippen LogP) is 2.73. The number of thiazole rings is 1. The van der Waals surface area contributed by atoms with Crippen LogP contribution in [0, 0.1) is 12.8 Å². The average molecular weight is 360 g/mol. The summed E-state index contributed by atoms with van der Waals surface area (Å²) in [5.74, 6) is -1.64. The van der Waals surface area contributed by atoms with Gasteiger partial charge < -0.3 is 15.2 Å². The molecule has 2 atom stereocenters. The number of ether oxygens (including phenoxy) is 1. The molecule has 2 unspecified atom stereocenters. The van der Waals surface area contributed by atoms with Crippen LogP contribution < -0.4 is 5.32 Å². The molecule has 1 fully saturated rings. The van der Waals surface area contributed by atoms with Crippen molar-refractivity contribution in [3.05, 3.63) is 40.9 Å². The van der Waals surface area contributed by atoms with Crippen LogP contribution >= 0.6 is 11.3 Å². The minimum atomic E-state index is -1.03. The molecular formula is C18H20N2O4S. The van der Waals surface area contributed by atoms with Crippen LogP contribution in [-0.4, -0.2) is 41.2 Å². The highest BCUT2D eigenvalue weighted by Crippen LogP contribution is 2.28. The molecular weight excluding hydrogens is 340 g/mol. The number of carbonyl (C=O) groups is 2. The number of nitrogens with zero attached hydrogens (tertiary/aromatic N) is 1. The number of rotatable bonds is 5. The Kier molecular flexibility index (Phi) is 5.45. The fourth-order valence-electron chi connectivity index (χ4n) is 2.93. The second-order valence-electron chi connectivity index (χ2n) is 6.07. The van der Waals surface area contributed by atoms with Crippen molar-refractivity contribution in [3.63, 3.8) is 0 Å². The van der Waals surface area contributed by atoms with Crippen molar-refractivity contribution in [2.45, 2.75) is 25.8 Å². The first-order valence-electron chi connectivity index (χ1n) is 8.20. The summed E-state index contributed by atoms with van der Waals surface area (Å²) in [7, 11) is 0. The molecule has 1 aromatic carbocycles. The van der Waals surface area contributed by atoms with Crippen LogP contribution in [0.3, 0.4) is 0 Å². The number of hydrogen-bond acceptors (Lipinski definition) is 5. The monoisotopic (exact) mass is 360 g/mol. The number of benzene rings is 1. The highest BCUT2D eigenvalue weighted by molar-refractivity contribution is 7.17. The summed E-state index contributed by atoms with van der Waals surface area (Å²) in [4.78, 5) is 29.1. The van der Waals surface area contributed by atoms with Gasteiger partial charge in [0.1, 0.15) is 15.9 Å². The van der Waals surface area contributed by atoms with E-state index in [1.807, 2.05) is 30.3 Å². The maximum Gasteiger partial charge on any atom is 0.326 e. The van der Waals surface area contributed by atoms with E-state index in [-0.39, 0.29) is 5.92 Å². The van der Waals surface area contributed by atoms with Gasteiger partial charge in [-0.05, 0) is 19.8 Å². The van der Waals surface area contributed by atoms with Gasteiger partial charge >= 0.3 is 5.97 Å². The number of carboxylic acid groups (broad SMARTS) is 1. The third-order valence-corrected chi connectivity index (χ3v) is 5.45. The number of aryl methyl sites for hydroxylation is 1. The van der Waals surface area contributed by atoms with Crippen LogP contribution in [0.4, 0.5) is 0 Å². The molecule has 0 radical (unpaired) electrons. The SMILES string of the molecule is Cc1nc(-c2ccccc2)sc1C(=O)NC(C(=O)O)C1CCCOC1. The molecule has 1 amide bonds. The van der Waals surface area contributed by atoms with Gasteiger partial charge in [-0.15, -0.1) is 11.3 Å². The van der Waals surface area contributed by atoms with Gasteiger partial charge in [0.05, 0.1) is 12.3 Å². The molecule has 1 saturated heterocycles. The highest BCUT2D eigenvalue weighted by Gasteiger charge is 2.32. The largest absolute Gasteiger partial charge is 0.480 e. The first-order chi connectivity index (χ1) is 12.1. The van der Waals surface area contributed by atoms with Crippen LogP contribution in [0.2, 0.25) is 0 Å². The topological polar surface area (TPSA) is 88.5 Å². The Bertz CT molecular complexity index is 754. The first kappa shape index (κ1) is 17.6.